The molecule has 0 aliphatic rings. The highest BCUT2D eigenvalue weighted by Crippen LogP contribution is 2.17. The molecule has 0 amide bonds. The number of nitrogens with zero attached hydrogens (tertiary/aromatic N) is 4. The summed E-state index contributed by atoms with van der Waals surface area (Å²) in [6.45, 7) is 1.47. The summed E-state index contributed by atoms with van der Waals surface area (Å²) in [6.07, 6.45) is 6.84. The molecule has 2 heterocycles. The van der Waals surface area contributed by atoms with Crippen LogP contribution >= 0.6 is 11.6 Å². The Bertz CT molecular complexity index is 455. The molecule has 7 heteroatoms. The highest BCUT2D eigenvalue weighted by atomic mass is 35.5. The molecule has 0 atom stereocenters. The lowest BCUT2D eigenvalue weighted by molar-refractivity contribution is 0.725. The van der Waals surface area contributed by atoms with Crippen molar-refractivity contribution in [3.8, 4) is 0 Å². The Balaban J connectivity index is 1.92. The van der Waals surface area contributed by atoms with Gasteiger partial charge in [0.2, 0.25) is 5.95 Å². The number of nitrogens with two attached hydrogens (primary N) is 1. The zero-order chi connectivity index (χ0) is 11.4. The second-order valence-electron chi connectivity index (χ2n) is 3.15. The first-order valence-corrected chi connectivity index (χ1v) is 5.11. The molecule has 0 aliphatic heterocycles. The Morgan fingerprint density at radius 3 is 3.12 bits per heavy atom. The standard InChI is InChI=1S/C9H11ClN6/c10-7-5-14-9(11)15-8(7)13-2-4-16-3-1-12-6-16/h1,3,5-6H,2,4H2,(H3,11,13,14,15). The van der Waals surface area contributed by atoms with Gasteiger partial charge < -0.3 is 15.6 Å². The number of imidazole rings is 1. The number of hydrogen-bond acceptors (Lipinski definition) is 5. The Morgan fingerprint density at radius 1 is 1.50 bits per heavy atom. The van der Waals surface area contributed by atoms with Crippen molar-refractivity contribution in [2.24, 2.45) is 0 Å². The molecular formula is C9H11ClN6. The molecule has 3 N–H and O–H groups in total. The molecule has 0 saturated carbocycles. The van der Waals surface area contributed by atoms with Gasteiger partial charge in [-0.2, -0.15) is 4.98 Å². The zero-order valence-corrected chi connectivity index (χ0v) is 9.22. The van der Waals surface area contributed by atoms with E-state index in [1.54, 1.807) is 12.5 Å². The molecule has 2 aromatic heterocycles. The minimum Gasteiger partial charge on any atom is -0.368 e. The van der Waals surface area contributed by atoms with Crippen molar-refractivity contribution in [3.05, 3.63) is 29.9 Å². The largest absolute Gasteiger partial charge is 0.368 e. The quantitative estimate of drug-likeness (QED) is 0.831. The highest BCUT2D eigenvalue weighted by molar-refractivity contribution is 6.32. The molecule has 0 aliphatic carbocycles. The van der Waals surface area contributed by atoms with Gasteiger partial charge in [0, 0.05) is 25.5 Å². The SMILES string of the molecule is Nc1ncc(Cl)c(NCCn2ccnc2)n1. The van der Waals surface area contributed by atoms with Crippen molar-refractivity contribution < 1.29 is 0 Å². The predicted molar refractivity (Wildman–Crippen MR) is 62.2 cm³/mol. The maximum absolute atomic E-state index is 5.89. The topological polar surface area (TPSA) is 81.6 Å². The van der Waals surface area contributed by atoms with E-state index < -0.39 is 0 Å². The summed E-state index contributed by atoms with van der Waals surface area (Å²) in [5, 5.41) is 3.54. The lowest BCUT2D eigenvalue weighted by atomic mass is 10.5. The molecule has 0 aromatic carbocycles. The van der Waals surface area contributed by atoms with Crippen LogP contribution < -0.4 is 11.1 Å². The van der Waals surface area contributed by atoms with Crippen molar-refractivity contribution >= 4 is 23.4 Å². The molecule has 0 saturated heterocycles. The van der Waals surface area contributed by atoms with Crippen LogP contribution in [0.5, 0.6) is 0 Å². The van der Waals surface area contributed by atoms with E-state index in [1.807, 2.05) is 10.8 Å². The Morgan fingerprint density at radius 2 is 2.38 bits per heavy atom. The maximum atomic E-state index is 5.89. The minimum atomic E-state index is 0.203. The molecule has 0 bridgehead atoms. The average Bonchev–Trinajstić information content (AvgIpc) is 2.76. The van der Waals surface area contributed by atoms with Crippen LogP contribution in [0.1, 0.15) is 0 Å². The van der Waals surface area contributed by atoms with Crippen LogP contribution in [0, 0.1) is 0 Å². The predicted octanol–water partition coefficient (Wildman–Crippen LogP) is 1.02. The smallest absolute Gasteiger partial charge is 0.222 e. The third kappa shape index (κ3) is 2.60. The van der Waals surface area contributed by atoms with Crippen LogP contribution in [0.25, 0.3) is 0 Å². The van der Waals surface area contributed by atoms with Gasteiger partial charge in [-0.25, -0.2) is 9.97 Å². The molecule has 2 aromatic rings. The molecule has 84 valence electrons. The molecule has 2 rings (SSSR count). The van der Waals surface area contributed by atoms with Crippen molar-refractivity contribution in [1.82, 2.24) is 19.5 Å². The fraction of sp³-hybridized carbons (Fsp3) is 0.222. The third-order valence-corrected chi connectivity index (χ3v) is 2.26. The van der Waals surface area contributed by atoms with Crippen LogP contribution in [0.15, 0.2) is 24.9 Å². The second kappa shape index (κ2) is 4.80. The van der Waals surface area contributed by atoms with E-state index in [0.29, 0.717) is 17.4 Å². The maximum Gasteiger partial charge on any atom is 0.222 e. The summed E-state index contributed by atoms with van der Waals surface area (Å²) in [4.78, 5) is 11.7. The van der Waals surface area contributed by atoms with Crippen LogP contribution in [-0.4, -0.2) is 26.1 Å². The number of nitrogen functional groups attached to an aromatic ring is 1. The Labute approximate surface area is 97.5 Å². The van der Waals surface area contributed by atoms with Gasteiger partial charge in [-0.15, -0.1) is 0 Å². The van der Waals surface area contributed by atoms with E-state index >= 15 is 0 Å². The minimum absolute atomic E-state index is 0.203. The molecule has 0 radical (unpaired) electrons. The van der Waals surface area contributed by atoms with Gasteiger partial charge in [-0.1, -0.05) is 11.6 Å². The Hall–Kier alpha value is -1.82. The summed E-state index contributed by atoms with van der Waals surface area (Å²) in [7, 11) is 0. The number of nitrogens with one attached hydrogen (secondary N) is 1. The number of aromatic nitrogens is 4. The highest BCUT2D eigenvalue weighted by Gasteiger charge is 2.02. The molecule has 6 nitrogen and oxygen atoms in total. The van der Waals surface area contributed by atoms with E-state index in [2.05, 4.69) is 20.3 Å². The summed E-state index contributed by atoms with van der Waals surface area (Å²) in [5.41, 5.74) is 5.46. The normalized spacial score (nSPS) is 10.3. The average molecular weight is 239 g/mol. The van der Waals surface area contributed by atoms with Gasteiger partial charge in [0.05, 0.1) is 12.5 Å². The van der Waals surface area contributed by atoms with E-state index in [0.717, 1.165) is 6.54 Å². The first-order chi connectivity index (χ1) is 7.75. The Kier molecular flexibility index (Phi) is 3.21. The molecule has 16 heavy (non-hydrogen) atoms. The molecular weight excluding hydrogens is 228 g/mol. The molecule has 0 spiro atoms. The summed E-state index contributed by atoms with van der Waals surface area (Å²) in [5.74, 6) is 0.754. The number of halogens is 1. The lowest BCUT2D eigenvalue weighted by Gasteiger charge is -2.07. The first kappa shape index (κ1) is 10.7. The molecule has 0 unspecified atom stereocenters. The van der Waals surface area contributed by atoms with Crippen molar-refractivity contribution in [2.45, 2.75) is 6.54 Å². The summed E-state index contributed by atoms with van der Waals surface area (Å²) >= 11 is 5.89. The van der Waals surface area contributed by atoms with Crippen LogP contribution in [-0.2, 0) is 6.54 Å². The van der Waals surface area contributed by atoms with Crippen molar-refractivity contribution in [2.75, 3.05) is 17.6 Å². The van der Waals surface area contributed by atoms with Gasteiger partial charge in [0.25, 0.3) is 0 Å². The van der Waals surface area contributed by atoms with Gasteiger partial charge in [0.1, 0.15) is 5.02 Å². The van der Waals surface area contributed by atoms with Gasteiger partial charge in [-0.3, -0.25) is 0 Å². The zero-order valence-electron chi connectivity index (χ0n) is 8.47. The number of rotatable bonds is 4. The number of hydrogen-bond donors (Lipinski definition) is 2. The van der Waals surface area contributed by atoms with E-state index in [4.69, 9.17) is 17.3 Å². The van der Waals surface area contributed by atoms with Crippen molar-refractivity contribution in [1.29, 1.82) is 0 Å². The fourth-order valence-electron chi connectivity index (χ4n) is 1.23. The van der Waals surface area contributed by atoms with Crippen molar-refractivity contribution in [3.63, 3.8) is 0 Å². The second-order valence-corrected chi connectivity index (χ2v) is 3.56. The third-order valence-electron chi connectivity index (χ3n) is 1.98. The van der Waals surface area contributed by atoms with Gasteiger partial charge in [0.15, 0.2) is 5.82 Å². The van der Waals surface area contributed by atoms with Gasteiger partial charge >= 0.3 is 0 Å². The van der Waals surface area contributed by atoms with E-state index in [-0.39, 0.29) is 5.95 Å². The molecule has 0 fully saturated rings. The van der Waals surface area contributed by atoms with E-state index in [9.17, 15) is 0 Å². The lowest BCUT2D eigenvalue weighted by Crippen LogP contribution is -2.11. The monoisotopic (exact) mass is 238 g/mol. The fourth-order valence-corrected chi connectivity index (χ4v) is 1.39. The number of anilines is 2. The van der Waals surface area contributed by atoms with Crippen LogP contribution in [0.2, 0.25) is 5.02 Å². The van der Waals surface area contributed by atoms with E-state index in [1.165, 1.54) is 6.20 Å². The van der Waals surface area contributed by atoms with Crippen LogP contribution in [0.3, 0.4) is 0 Å². The first-order valence-electron chi connectivity index (χ1n) is 4.73. The summed E-state index contributed by atoms with van der Waals surface area (Å²) in [6, 6.07) is 0. The van der Waals surface area contributed by atoms with Crippen LogP contribution in [0.4, 0.5) is 11.8 Å². The summed E-state index contributed by atoms with van der Waals surface area (Å²) < 4.78 is 1.95. The van der Waals surface area contributed by atoms with Gasteiger partial charge in [-0.05, 0) is 0 Å².